The van der Waals surface area contributed by atoms with Crippen molar-refractivity contribution in [3.8, 4) is 0 Å². The van der Waals surface area contributed by atoms with Gasteiger partial charge in [0.15, 0.2) is 0 Å². The Morgan fingerprint density at radius 2 is 1.20 bits per heavy atom. The van der Waals surface area contributed by atoms with Gasteiger partial charge >= 0.3 is 0 Å². The molecule has 0 saturated carbocycles. The molecule has 6 N–H and O–H groups in total. The van der Waals surface area contributed by atoms with E-state index in [1.807, 2.05) is 0 Å². The molecule has 0 aromatic carbocycles. The van der Waals surface area contributed by atoms with E-state index in [1.54, 1.807) is 0 Å². The van der Waals surface area contributed by atoms with Crippen LogP contribution in [0.2, 0.25) is 0 Å². The number of hydrogen-bond donors (Lipinski definition) is 3. The van der Waals surface area contributed by atoms with E-state index in [1.165, 1.54) is 0 Å². The SMILES string of the molecule is N=[Si]=N.[Cl-].[NH4+]. The second-order valence-corrected chi connectivity index (χ2v) is 0.375. The maximum atomic E-state index is 5.90. The number of halogens is 1. The molecule has 0 radical (unpaired) electrons. The van der Waals surface area contributed by atoms with Crippen LogP contribution in [0.3, 0.4) is 0 Å². The van der Waals surface area contributed by atoms with Crippen LogP contribution in [-0.2, 0) is 0 Å². The van der Waals surface area contributed by atoms with Gasteiger partial charge in [-0.15, -0.1) is 0 Å². The van der Waals surface area contributed by atoms with Crippen molar-refractivity contribution >= 4 is 9.10 Å². The van der Waals surface area contributed by atoms with Crippen LogP contribution in [-0.4, -0.2) is 9.10 Å². The Morgan fingerprint density at radius 3 is 1.20 bits per heavy atom. The molecular weight excluding hydrogens is 106 g/mol. The predicted octanol–water partition coefficient (Wildman–Crippen LogP) is -2.40. The summed E-state index contributed by atoms with van der Waals surface area (Å²) in [7, 11) is -0.417. The van der Waals surface area contributed by atoms with Gasteiger partial charge in [0.25, 0.3) is 0 Å². The van der Waals surface area contributed by atoms with E-state index in [4.69, 9.17) is 10.1 Å². The van der Waals surface area contributed by atoms with Crippen molar-refractivity contribution in [2.24, 2.45) is 0 Å². The third-order valence-corrected chi connectivity index (χ3v) is 0. The average Bonchev–Trinajstić information content (AvgIpc) is 0.918. The normalized spacial score (nSPS) is 1.60. The molecule has 0 heterocycles. The molecule has 0 aliphatic heterocycles. The molecule has 0 bridgehead atoms. The average molecular weight is 112 g/mol. The summed E-state index contributed by atoms with van der Waals surface area (Å²) in [5.74, 6) is 0. The number of rotatable bonds is 0. The fourth-order valence-electron chi connectivity index (χ4n) is 0. The molecule has 0 aromatic heterocycles. The Morgan fingerprint density at radius 1 is 1.20 bits per heavy atom. The van der Waals surface area contributed by atoms with Crippen LogP contribution in [0, 0.1) is 10.1 Å². The Kier molecular flexibility index (Phi) is 132. The lowest BCUT2D eigenvalue weighted by Crippen LogP contribution is -3.00. The van der Waals surface area contributed by atoms with Gasteiger partial charge in [-0.05, 0) is 0 Å². The second-order valence-electron chi connectivity index (χ2n) is 0.125. The third kappa shape index (κ3) is 3880. The molecule has 0 rings (SSSR count). The molecule has 0 spiro atoms. The van der Waals surface area contributed by atoms with Crippen molar-refractivity contribution in [3.05, 3.63) is 0 Å². The van der Waals surface area contributed by atoms with Gasteiger partial charge in [-0.25, -0.2) is 0 Å². The maximum absolute atomic E-state index is 5.90. The summed E-state index contributed by atoms with van der Waals surface area (Å²) in [6, 6.07) is 0. The lowest BCUT2D eigenvalue weighted by molar-refractivity contribution is -0.00000161. The van der Waals surface area contributed by atoms with Gasteiger partial charge in [-0.2, -0.15) is 0 Å². The van der Waals surface area contributed by atoms with Crippen LogP contribution in [0.5, 0.6) is 0 Å². The van der Waals surface area contributed by atoms with E-state index in [9.17, 15) is 0 Å². The Balaban J connectivity index is -0.0000000200. The first kappa shape index (κ1) is 19.6. The number of nitrogens with one attached hydrogen (secondary N) is 2. The Bertz CT molecular complexity index is 27.9. The minimum atomic E-state index is -0.417. The Labute approximate surface area is 38.6 Å². The van der Waals surface area contributed by atoms with Crippen LogP contribution in [0.4, 0.5) is 0 Å². The standard InChI is InChI=1S/ClH.H2N2Si.H3N/c;1-3-2;/h1H;1-2H;1H3. The summed E-state index contributed by atoms with van der Waals surface area (Å²) in [6.07, 6.45) is 0. The summed E-state index contributed by atoms with van der Waals surface area (Å²) in [4.78, 5) is 0. The molecule has 0 amide bonds. The van der Waals surface area contributed by atoms with E-state index < -0.39 is 9.10 Å². The molecule has 0 atom stereocenters. The maximum Gasteiger partial charge on any atom is 0.206 e. The first-order chi connectivity index (χ1) is 1.41. The highest BCUT2D eigenvalue weighted by Gasteiger charge is 0.989. The molecule has 5 heteroatoms. The quantitative estimate of drug-likeness (QED) is 0.291. The highest BCUT2D eigenvalue weighted by molar-refractivity contribution is 5.99. The van der Waals surface area contributed by atoms with Crippen molar-refractivity contribution in [1.82, 2.24) is 6.15 Å². The van der Waals surface area contributed by atoms with Crippen LogP contribution in [0.1, 0.15) is 0 Å². The second kappa shape index (κ2) is 33.6. The largest absolute Gasteiger partial charge is 1.00 e. The lowest BCUT2D eigenvalue weighted by atomic mass is 13.9. The van der Waals surface area contributed by atoms with Gasteiger partial charge in [0.05, 0.1) is 0 Å². The first-order valence-corrected chi connectivity index (χ1v) is 1.50. The Hall–Kier alpha value is 0.0669. The van der Waals surface area contributed by atoms with E-state index >= 15 is 0 Å². The number of quaternary nitrogens is 1. The molecule has 5 heavy (non-hydrogen) atoms. The summed E-state index contributed by atoms with van der Waals surface area (Å²) in [5.41, 5.74) is 0. The molecule has 0 aliphatic rings. The fraction of sp³-hybridized carbons (Fsp3) is 0. The highest BCUT2D eigenvalue weighted by Crippen LogP contribution is 0.879. The minimum absolute atomic E-state index is 0. The lowest BCUT2D eigenvalue weighted by Gasteiger charge is -1.07. The van der Waals surface area contributed by atoms with Crippen molar-refractivity contribution < 1.29 is 12.4 Å². The molecular formula is H6ClN3Si. The minimum Gasteiger partial charge on any atom is -1.00 e. The van der Waals surface area contributed by atoms with Gasteiger partial charge in [0, 0.05) is 0 Å². The first-order valence-electron chi connectivity index (χ1n) is 0.500. The monoisotopic (exact) mass is 111 g/mol. The summed E-state index contributed by atoms with van der Waals surface area (Å²) >= 11 is 0. The van der Waals surface area contributed by atoms with E-state index in [2.05, 4.69) is 0 Å². The third-order valence-electron chi connectivity index (χ3n) is 0. The van der Waals surface area contributed by atoms with Crippen LogP contribution in [0.25, 0.3) is 0 Å². The van der Waals surface area contributed by atoms with Gasteiger partial charge < -0.3 is 18.6 Å². The van der Waals surface area contributed by atoms with Crippen LogP contribution < -0.4 is 18.6 Å². The van der Waals surface area contributed by atoms with Crippen molar-refractivity contribution in [1.29, 1.82) is 10.1 Å². The summed E-state index contributed by atoms with van der Waals surface area (Å²) < 4.78 is 0. The summed E-state index contributed by atoms with van der Waals surface area (Å²) in [6.45, 7) is 0. The van der Waals surface area contributed by atoms with E-state index in [0.29, 0.717) is 0 Å². The molecule has 0 aliphatic carbocycles. The topological polar surface area (TPSA) is 84.2 Å². The molecule has 0 aromatic rings. The predicted molar refractivity (Wildman–Crippen MR) is 17.2 cm³/mol. The number of hydrogen-bond acceptors (Lipinski definition) is 2. The van der Waals surface area contributed by atoms with Crippen molar-refractivity contribution in [3.63, 3.8) is 0 Å². The van der Waals surface area contributed by atoms with Crippen molar-refractivity contribution in [2.75, 3.05) is 0 Å². The zero-order valence-corrected chi connectivity index (χ0v) is 4.63. The smallest absolute Gasteiger partial charge is 0.206 e. The zero-order valence-electron chi connectivity index (χ0n) is 2.88. The van der Waals surface area contributed by atoms with E-state index in [-0.39, 0.29) is 18.6 Å². The molecule has 3 nitrogen and oxygen atoms in total. The van der Waals surface area contributed by atoms with E-state index in [0.717, 1.165) is 0 Å². The van der Waals surface area contributed by atoms with Gasteiger partial charge in [0.2, 0.25) is 9.10 Å². The zero-order chi connectivity index (χ0) is 2.71. The van der Waals surface area contributed by atoms with Crippen molar-refractivity contribution in [2.45, 2.75) is 0 Å². The molecule has 0 fully saturated rings. The fourth-order valence-corrected chi connectivity index (χ4v) is 0. The molecule has 0 saturated heterocycles. The van der Waals surface area contributed by atoms with Gasteiger partial charge in [-0.1, -0.05) is 0 Å². The molecule has 0 unspecified atom stereocenters. The molecule has 32 valence electrons. The van der Waals surface area contributed by atoms with Crippen LogP contribution >= 0.6 is 0 Å². The van der Waals surface area contributed by atoms with Gasteiger partial charge in [-0.3, -0.25) is 10.1 Å². The van der Waals surface area contributed by atoms with Gasteiger partial charge in [0.1, 0.15) is 0 Å². The summed E-state index contributed by atoms with van der Waals surface area (Å²) in [5, 5.41) is 11.8. The van der Waals surface area contributed by atoms with Crippen LogP contribution in [0.15, 0.2) is 0 Å². The highest BCUT2D eigenvalue weighted by atomic mass is 35.5.